The first kappa shape index (κ1) is 17.0. The van der Waals surface area contributed by atoms with Crippen LogP contribution in [-0.2, 0) is 6.61 Å². The van der Waals surface area contributed by atoms with Gasteiger partial charge in [0.2, 0.25) is 0 Å². The van der Waals surface area contributed by atoms with Crippen molar-refractivity contribution in [3.63, 3.8) is 0 Å². The van der Waals surface area contributed by atoms with E-state index >= 15 is 0 Å². The van der Waals surface area contributed by atoms with Gasteiger partial charge in [0.25, 0.3) is 6.71 Å². The van der Waals surface area contributed by atoms with Crippen molar-refractivity contribution in [3.8, 4) is 22.8 Å². The summed E-state index contributed by atoms with van der Waals surface area (Å²) in [4.78, 5) is 0. The molecule has 2 aromatic rings. The molecule has 1 aliphatic heterocycles. The van der Waals surface area contributed by atoms with Gasteiger partial charge < -0.3 is 10.2 Å². The summed E-state index contributed by atoms with van der Waals surface area (Å²) in [6, 6.07) is 10.7. The van der Waals surface area contributed by atoms with Gasteiger partial charge in [-0.2, -0.15) is 0 Å². The van der Waals surface area contributed by atoms with Crippen molar-refractivity contribution in [2.45, 2.75) is 32.1 Å². The molecule has 3 rings (SSSR count). The second-order valence-corrected chi connectivity index (χ2v) is 5.63. The molecule has 3 nitrogen and oxygen atoms in total. The first-order valence-corrected chi connectivity index (χ1v) is 7.72. The lowest BCUT2D eigenvalue weighted by molar-refractivity contribution is 0.282. The zero-order valence-electron chi connectivity index (χ0n) is 12.9. The van der Waals surface area contributed by atoms with E-state index in [9.17, 15) is 9.50 Å². The lowest BCUT2D eigenvalue weighted by Crippen LogP contribution is -1.99. The minimum Gasteiger partial charge on any atom is -0.507 e. The minimum absolute atomic E-state index is 0.0888. The van der Waals surface area contributed by atoms with E-state index < -0.39 is 0 Å². The van der Waals surface area contributed by atoms with Crippen LogP contribution in [0.15, 0.2) is 42.5 Å². The van der Waals surface area contributed by atoms with Gasteiger partial charge >= 0.3 is 0 Å². The van der Waals surface area contributed by atoms with Gasteiger partial charge in [0, 0.05) is 11.5 Å². The number of aromatic hydroxyl groups is 1. The predicted molar refractivity (Wildman–Crippen MR) is 89.6 cm³/mol. The van der Waals surface area contributed by atoms with Gasteiger partial charge in [-0.15, -0.1) is 0 Å². The highest BCUT2D eigenvalue weighted by Gasteiger charge is 2.17. The Hall–Kier alpha value is -2.32. The van der Waals surface area contributed by atoms with Crippen LogP contribution in [0.2, 0.25) is 12.6 Å². The number of rotatable bonds is 2. The Bertz CT molecular complexity index is 676. The molecule has 118 valence electrons. The summed E-state index contributed by atoms with van der Waals surface area (Å²) in [5, 5.41) is 27.0. The van der Waals surface area contributed by atoms with E-state index in [-0.39, 0.29) is 18.2 Å². The Balaban J connectivity index is 0.000000229. The minimum atomic E-state index is -0.318. The highest BCUT2D eigenvalue weighted by atomic mass is 19.1. The first-order chi connectivity index (χ1) is 11.1. The Labute approximate surface area is 136 Å². The van der Waals surface area contributed by atoms with Gasteiger partial charge in [0.05, 0.1) is 6.61 Å². The van der Waals surface area contributed by atoms with Crippen LogP contribution in [0.3, 0.4) is 0 Å². The lowest BCUT2D eigenvalue weighted by Gasteiger charge is -2.06. The third-order valence-electron chi connectivity index (χ3n) is 3.94. The molecule has 0 bridgehead atoms. The van der Waals surface area contributed by atoms with E-state index in [2.05, 4.69) is 5.97 Å². The molecule has 5 heteroatoms. The molecule has 1 aliphatic rings. The predicted octanol–water partition coefficient (Wildman–Crippen LogP) is 4.03. The smallest absolute Gasteiger partial charge is 0.267 e. The quantitative estimate of drug-likeness (QED) is 0.823. The molecule has 1 fully saturated rings. The van der Waals surface area contributed by atoms with Gasteiger partial charge in [-0.25, -0.2) is 9.65 Å². The first-order valence-electron chi connectivity index (χ1n) is 7.72. The van der Waals surface area contributed by atoms with Crippen LogP contribution in [-0.4, -0.2) is 16.9 Å². The van der Waals surface area contributed by atoms with Gasteiger partial charge in [-0.1, -0.05) is 43.7 Å². The van der Waals surface area contributed by atoms with Crippen molar-refractivity contribution >= 4 is 6.71 Å². The maximum absolute atomic E-state index is 12.7. The molecule has 0 amide bonds. The van der Waals surface area contributed by atoms with Crippen molar-refractivity contribution in [2.75, 3.05) is 0 Å². The van der Waals surface area contributed by atoms with Crippen LogP contribution in [0.4, 0.5) is 4.39 Å². The number of nitrogens with zero attached hydrogens (tertiary/aromatic N) is 1. The number of phenols is 1. The summed E-state index contributed by atoms with van der Waals surface area (Å²) < 4.78 is 12.7. The van der Waals surface area contributed by atoms with Crippen LogP contribution in [0, 0.1) is 17.0 Å². The molecule has 0 aromatic heterocycles. The molecule has 0 aliphatic carbocycles. The molecular formula is C18H19BFNO2. The Morgan fingerprint density at radius 3 is 2.26 bits per heavy atom. The monoisotopic (exact) mass is 311 g/mol. The van der Waals surface area contributed by atoms with Crippen molar-refractivity contribution < 1.29 is 14.6 Å². The van der Waals surface area contributed by atoms with Gasteiger partial charge in [-0.3, -0.25) is 0 Å². The summed E-state index contributed by atoms with van der Waals surface area (Å²) in [6.07, 6.45) is 4.85. The van der Waals surface area contributed by atoms with Crippen LogP contribution in [0.5, 0.6) is 5.75 Å². The molecule has 0 saturated carbocycles. The van der Waals surface area contributed by atoms with Crippen molar-refractivity contribution in [2.24, 2.45) is 0 Å². The van der Waals surface area contributed by atoms with E-state index in [0.29, 0.717) is 23.4 Å². The van der Waals surface area contributed by atoms with Gasteiger partial charge in [0.1, 0.15) is 11.6 Å². The van der Waals surface area contributed by atoms with Crippen molar-refractivity contribution in [3.05, 3.63) is 53.8 Å². The number of aliphatic hydroxyl groups excluding tert-OH is 1. The number of hydrogen-bond donors (Lipinski definition) is 2. The summed E-state index contributed by atoms with van der Waals surface area (Å²) >= 11 is 0. The Kier molecular flexibility index (Phi) is 6.19. The molecule has 23 heavy (non-hydrogen) atoms. The molecular weight excluding hydrogens is 292 g/mol. The summed E-state index contributed by atoms with van der Waals surface area (Å²) in [7, 11) is 0. The fourth-order valence-corrected chi connectivity index (χ4v) is 2.60. The van der Waals surface area contributed by atoms with E-state index in [1.165, 1.54) is 31.0 Å². The maximum Gasteiger partial charge on any atom is 0.267 e. The van der Waals surface area contributed by atoms with Gasteiger partial charge in [-0.05, 0) is 35.4 Å². The number of aliphatic hydroxyl groups is 1. The third kappa shape index (κ3) is 4.83. The van der Waals surface area contributed by atoms with Crippen LogP contribution < -0.4 is 0 Å². The number of nitriles is 1. The zero-order chi connectivity index (χ0) is 16.7. The molecule has 2 N–H and O–H groups in total. The zero-order valence-corrected chi connectivity index (χ0v) is 12.9. The lowest BCUT2D eigenvalue weighted by atomic mass is 9.50. The van der Waals surface area contributed by atoms with Gasteiger partial charge in [0.15, 0.2) is 0 Å². The summed E-state index contributed by atoms with van der Waals surface area (Å²) in [5.41, 5.74) is 2.01. The standard InChI is InChI=1S/C13H11FO2.C5H8BN/c14-11-4-2-10(3-5-11)12-7-9(8-15)1-6-13(12)16;7-5-6-3-1-2-4-6/h1-7,15-16H,8H2;1-4H2. The second kappa shape index (κ2) is 8.35. The molecule has 1 saturated heterocycles. The van der Waals surface area contributed by atoms with E-state index in [0.717, 1.165) is 12.6 Å². The van der Waals surface area contributed by atoms with Crippen LogP contribution >= 0.6 is 0 Å². The fraction of sp³-hybridized carbons (Fsp3) is 0.278. The van der Waals surface area contributed by atoms with E-state index in [4.69, 9.17) is 10.4 Å². The highest BCUT2D eigenvalue weighted by molar-refractivity contribution is 6.67. The average molecular weight is 311 g/mol. The fourth-order valence-electron chi connectivity index (χ4n) is 2.60. The molecule has 1 heterocycles. The molecule has 0 radical (unpaired) electrons. The largest absolute Gasteiger partial charge is 0.507 e. The van der Waals surface area contributed by atoms with E-state index in [1.807, 2.05) is 0 Å². The Morgan fingerprint density at radius 2 is 1.74 bits per heavy atom. The molecule has 2 aromatic carbocycles. The maximum atomic E-state index is 12.7. The number of hydrogen-bond acceptors (Lipinski definition) is 3. The number of halogens is 1. The Morgan fingerprint density at radius 1 is 1.09 bits per heavy atom. The molecule has 0 spiro atoms. The highest BCUT2D eigenvalue weighted by Crippen LogP contribution is 2.30. The SMILES string of the molecule is N#CB1CCCC1.OCc1ccc(O)c(-c2ccc(F)cc2)c1. The molecule has 0 unspecified atom stereocenters. The van der Waals surface area contributed by atoms with Crippen LogP contribution in [0.1, 0.15) is 18.4 Å². The van der Waals surface area contributed by atoms with Crippen molar-refractivity contribution in [1.82, 2.24) is 0 Å². The van der Waals surface area contributed by atoms with Crippen molar-refractivity contribution in [1.29, 1.82) is 5.26 Å². The van der Waals surface area contributed by atoms with E-state index in [1.54, 1.807) is 24.3 Å². The second-order valence-electron chi connectivity index (χ2n) is 5.63. The number of benzene rings is 2. The average Bonchev–Trinajstić information content (AvgIpc) is 3.10. The normalized spacial score (nSPS) is 13.2. The third-order valence-corrected chi connectivity index (χ3v) is 3.94. The molecule has 0 atom stereocenters. The number of phenolic OH excluding ortho intramolecular Hbond substituents is 1. The summed E-state index contributed by atoms with van der Waals surface area (Å²) in [5.74, 6) is 2.06. The topological polar surface area (TPSA) is 64.2 Å². The van der Waals surface area contributed by atoms with Crippen LogP contribution in [0.25, 0.3) is 11.1 Å². The summed E-state index contributed by atoms with van der Waals surface area (Å²) in [6.45, 7) is 0.314.